The molecule has 3 rings (SSSR count). The second-order valence-electron chi connectivity index (χ2n) is 6.03. The van der Waals surface area contributed by atoms with Crippen LogP contribution in [0.4, 0.5) is 4.39 Å². The first-order chi connectivity index (χ1) is 11.2. The van der Waals surface area contributed by atoms with Gasteiger partial charge in [0.25, 0.3) is 0 Å². The number of rotatable bonds is 5. The maximum Gasteiger partial charge on any atom is 0.224 e. The van der Waals surface area contributed by atoms with Gasteiger partial charge in [0.2, 0.25) is 5.91 Å². The third-order valence-electron chi connectivity index (χ3n) is 4.27. The summed E-state index contributed by atoms with van der Waals surface area (Å²) in [6, 6.07) is 6.45. The van der Waals surface area contributed by atoms with Crippen LogP contribution in [-0.2, 0) is 20.8 Å². The molecule has 0 spiro atoms. The molecule has 0 aliphatic carbocycles. The van der Waals surface area contributed by atoms with Crippen molar-refractivity contribution in [2.45, 2.75) is 25.4 Å². The van der Waals surface area contributed by atoms with Crippen LogP contribution in [0.3, 0.4) is 0 Å². The van der Waals surface area contributed by atoms with E-state index in [1.54, 1.807) is 12.1 Å². The average molecular weight is 322 g/mol. The van der Waals surface area contributed by atoms with Gasteiger partial charge in [-0.05, 0) is 24.1 Å². The Bertz CT molecular complexity index is 517. The molecule has 2 aliphatic heterocycles. The number of halogens is 1. The molecule has 1 aromatic carbocycles. The fourth-order valence-electron chi connectivity index (χ4n) is 3.01. The van der Waals surface area contributed by atoms with Gasteiger partial charge in [-0.25, -0.2) is 4.39 Å². The highest BCUT2D eigenvalue weighted by Crippen LogP contribution is 2.14. The molecule has 1 amide bonds. The third-order valence-corrected chi connectivity index (χ3v) is 4.27. The molecule has 0 saturated carbocycles. The summed E-state index contributed by atoms with van der Waals surface area (Å²) in [7, 11) is 0. The van der Waals surface area contributed by atoms with E-state index in [-0.39, 0.29) is 17.8 Å². The second kappa shape index (κ2) is 7.86. The van der Waals surface area contributed by atoms with Crippen LogP contribution >= 0.6 is 0 Å². The molecular weight excluding hydrogens is 299 g/mol. The molecule has 6 heteroatoms. The largest absolute Gasteiger partial charge is 0.374 e. The first-order valence-electron chi connectivity index (χ1n) is 8.22. The summed E-state index contributed by atoms with van der Waals surface area (Å²) >= 11 is 0. The standard InChI is InChI=1S/C17H23FN2O3/c18-15-4-2-14(3-5-15)12-16-13-19(9-11-22-16)17(21)6-8-20-7-1-10-23-20/h2-5,16H,1,6-13H2. The molecule has 2 fully saturated rings. The fraction of sp³-hybridized carbons (Fsp3) is 0.588. The van der Waals surface area contributed by atoms with Gasteiger partial charge in [-0.15, -0.1) is 0 Å². The van der Waals surface area contributed by atoms with Gasteiger partial charge < -0.3 is 9.64 Å². The molecule has 1 aromatic rings. The lowest BCUT2D eigenvalue weighted by Gasteiger charge is -2.33. The van der Waals surface area contributed by atoms with Crippen LogP contribution in [0, 0.1) is 5.82 Å². The second-order valence-corrected chi connectivity index (χ2v) is 6.03. The van der Waals surface area contributed by atoms with Gasteiger partial charge in [0.1, 0.15) is 5.82 Å². The Labute approximate surface area is 135 Å². The summed E-state index contributed by atoms with van der Waals surface area (Å²) in [6.45, 7) is 4.10. The molecule has 0 N–H and O–H groups in total. The van der Waals surface area contributed by atoms with Crippen LogP contribution < -0.4 is 0 Å². The van der Waals surface area contributed by atoms with E-state index in [2.05, 4.69) is 0 Å². The molecule has 0 bridgehead atoms. The van der Waals surface area contributed by atoms with E-state index in [0.717, 1.165) is 25.1 Å². The topological polar surface area (TPSA) is 42.0 Å². The van der Waals surface area contributed by atoms with Crippen LogP contribution in [-0.4, -0.2) is 61.4 Å². The maximum atomic E-state index is 12.9. The van der Waals surface area contributed by atoms with Crippen LogP contribution in [0.2, 0.25) is 0 Å². The summed E-state index contributed by atoms with van der Waals surface area (Å²) in [5, 5.41) is 1.87. The Morgan fingerprint density at radius 2 is 2.04 bits per heavy atom. The number of ether oxygens (including phenoxy) is 1. The lowest BCUT2D eigenvalue weighted by Crippen LogP contribution is -2.47. The van der Waals surface area contributed by atoms with Gasteiger partial charge in [0, 0.05) is 39.0 Å². The number of hydrogen-bond acceptors (Lipinski definition) is 4. The molecule has 0 aromatic heterocycles. The Hall–Kier alpha value is -1.50. The number of morpholine rings is 1. The monoisotopic (exact) mass is 322 g/mol. The molecule has 2 heterocycles. The van der Waals surface area contributed by atoms with E-state index in [1.807, 2.05) is 9.96 Å². The summed E-state index contributed by atoms with van der Waals surface area (Å²) in [5.41, 5.74) is 1.02. The first kappa shape index (κ1) is 16.4. The van der Waals surface area contributed by atoms with Crippen LogP contribution in [0.25, 0.3) is 0 Å². The highest BCUT2D eigenvalue weighted by atomic mass is 19.1. The minimum Gasteiger partial charge on any atom is -0.374 e. The maximum absolute atomic E-state index is 12.9. The summed E-state index contributed by atoms with van der Waals surface area (Å²) in [4.78, 5) is 19.6. The van der Waals surface area contributed by atoms with Crippen molar-refractivity contribution < 1.29 is 18.8 Å². The summed E-state index contributed by atoms with van der Waals surface area (Å²) < 4.78 is 18.7. The molecule has 2 saturated heterocycles. The third kappa shape index (κ3) is 4.73. The number of hydrogen-bond donors (Lipinski definition) is 0. The van der Waals surface area contributed by atoms with Crippen molar-refractivity contribution in [3.63, 3.8) is 0 Å². The SMILES string of the molecule is O=C(CCN1CCCO1)N1CCOC(Cc2ccc(F)cc2)C1. The Morgan fingerprint density at radius 1 is 1.22 bits per heavy atom. The van der Waals surface area contributed by atoms with Crippen molar-refractivity contribution in [2.75, 3.05) is 39.4 Å². The Balaban J connectivity index is 1.46. The number of hydroxylamine groups is 2. The molecule has 1 unspecified atom stereocenters. The molecule has 126 valence electrons. The number of carbonyl (C=O) groups excluding carboxylic acids is 1. The zero-order valence-corrected chi connectivity index (χ0v) is 13.2. The van der Waals surface area contributed by atoms with Gasteiger partial charge in [-0.1, -0.05) is 12.1 Å². The van der Waals surface area contributed by atoms with E-state index in [1.165, 1.54) is 12.1 Å². The molecule has 5 nitrogen and oxygen atoms in total. The van der Waals surface area contributed by atoms with E-state index < -0.39 is 0 Å². The minimum atomic E-state index is -0.237. The van der Waals surface area contributed by atoms with Crippen molar-refractivity contribution in [3.05, 3.63) is 35.6 Å². The molecular formula is C17H23FN2O3. The molecule has 23 heavy (non-hydrogen) atoms. The first-order valence-corrected chi connectivity index (χ1v) is 8.22. The van der Waals surface area contributed by atoms with Gasteiger partial charge in [0.15, 0.2) is 0 Å². The minimum absolute atomic E-state index is 0.0267. The van der Waals surface area contributed by atoms with Gasteiger partial charge in [-0.3, -0.25) is 9.63 Å². The van der Waals surface area contributed by atoms with E-state index in [4.69, 9.17) is 9.57 Å². The lowest BCUT2D eigenvalue weighted by molar-refractivity contribution is -0.145. The predicted octanol–water partition coefficient (Wildman–Crippen LogP) is 1.62. The number of benzene rings is 1. The van der Waals surface area contributed by atoms with Crippen LogP contribution in [0.15, 0.2) is 24.3 Å². The summed E-state index contributed by atoms with van der Waals surface area (Å²) in [5.74, 6) is -0.0906. The van der Waals surface area contributed by atoms with Gasteiger partial charge in [-0.2, -0.15) is 5.06 Å². The Morgan fingerprint density at radius 3 is 2.78 bits per heavy atom. The fourth-order valence-corrected chi connectivity index (χ4v) is 3.01. The van der Waals surface area contributed by atoms with E-state index in [9.17, 15) is 9.18 Å². The van der Waals surface area contributed by atoms with Crippen molar-refractivity contribution in [1.82, 2.24) is 9.96 Å². The smallest absolute Gasteiger partial charge is 0.224 e. The zero-order valence-electron chi connectivity index (χ0n) is 13.2. The van der Waals surface area contributed by atoms with E-state index in [0.29, 0.717) is 39.1 Å². The van der Waals surface area contributed by atoms with Crippen molar-refractivity contribution in [1.29, 1.82) is 0 Å². The number of amides is 1. The van der Waals surface area contributed by atoms with Crippen LogP contribution in [0.1, 0.15) is 18.4 Å². The molecule has 0 radical (unpaired) electrons. The zero-order chi connectivity index (χ0) is 16.1. The van der Waals surface area contributed by atoms with Crippen LogP contribution in [0.5, 0.6) is 0 Å². The van der Waals surface area contributed by atoms with Crippen molar-refractivity contribution in [2.24, 2.45) is 0 Å². The molecule has 1 atom stereocenters. The molecule has 2 aliphatic rings. The van der Waals surface area contributed by atoms with E-state index >= 15 is 0 Å². The normalized spacial score (nSPS) is 22.5. The van der Waals surface area contributed by atoms with Crippen molar-refractivity contribution >= 4 is 5.91 Å². The highest BCUT2D eigenvalue weighted by molar-refractivity contribution is 5.76. The lowest BCUT2D eigenvalue weighted by atomic mass is 10.1. The average Bonchev–Trinajstić information content (AvgIpc) is 3.08. The van der Waals surface area contributed by atoms with Crippen molar-refractivity contribution in [3.8, 4) is 0 Å². The highest BCUT2D eigenvalue weighted by Gasteiger charge is 2.25. The predicted molar refractivity (Wildman–Crippen MR) is 83.2 cm³/mol. The van der Waals surface area contributed by atoms with Gasteiger partial charge >= 0.3 is 0 Å². The Kier molecular flexibility index (Phi) is 5.59. The summed E-state index contributed by atoms with van der Waals surface area (Å²) in [6.07, 6.45) is 2.18. The quantitative estimate of drug-likeness (QED) is 0.826. The number of nitrogens with zero attached hydrogens (tertiary/aromatic N) is 2. The van der Waals surface area contributed by atoms with Gasteiger partial charge in [0.05, 0.1) is 19.3 Å². The number of carbonyl (C=O) groups is 1.